The lowest BCUT2D eigenvalue weighted by Gasteiger charge is -2.13. The SMILES string of the molecule is CCOC(=O)COc1c(Br)cc(/C=C2\SC(=Nc3ccc(CC)cc3)NC2=O)cc1OC. The normalized spacial score (nSPS) is 15.7. The van der Waals surface area contributed by atoms with E-state index in [1.54, 1.807) is 25.1 Å². The zero-order chi connectivity index (χ0) is 23.1. The minimum absolute atomic E-state index is 0.225. The number of rotatable bonds is 8. The van der Waals surface area contributed by atoms with Gasteiger partial charge in [0.1, 0.15) is 0 Å². The van der Waals surface area contributed by atoms with E-state index >= 15 is 0 Å². The first-order valence-corrected chi connectivity index (χ1v) is 11.6. The highest BCUT2D eigenvalue weighted by Gasteiger charge is 2.24. The van der Waals surface area contributed by atoms with Crippen LogP contribution >= 0.6 is 27.7 Å². The van der Waals surface area contributed by atoms with Crippen molar-refractivity contribution in [2.45, 2.75) is 20.3 Å². The van der Waals surface area contributed by atoms with E-state index in [1.807, 2.05) is 24.3 Å². The average Bonchev–Trinajstić information content (AvgIpc) is 3.11. The van der Waals surface area contributed by atoms with Gasteiger partial charge >= 0.3 is 5.97 Å². The molecule has 7 nitrogen and oxygen atoms in total. The Morgan fingerprint density at radius 1 is 1.22 bits per heavy atom. The summed E-state index contributed by atoms with van der Waals surface area (Å²) >= 11 is 4.71. The summed E-state index contributed by atoms with van der Waals surface area (Å²) in [6.07, 6.45) is 2.70. The number of carbonyl (C=O) groups is 2. The molecule has 0 radical (unpaired) electrons. The second kappa shape index (κ2) is 11.2. The van der Waals surface area contributed by atoms with Crippen LogP contribution in [0.4, 0.5) is 5.69 Å². The van der Waals surface area contributed by atoms with Crippen LogP contribution in [-0.4, -0.2) is 37.4 Å². The molecule has 32 heavy (non-hydrogen) atoms. The van der Waals surface area contributed by atoms with Gasteiger partial charge in [0.05, 0.1) is 28.8 Å². The third kappa shape index (κ3) is 6.14. The summed E-state index contributed by atoms with van der Waals surface area (Å²) in [5, 5.41) is 3.31. The molecule has 1 N–H and O–H groups in total. The molecule has 1 heterocycles. The van der Waals surface area contributed by atoms with Gasteiger partial charge in [-0.25, -0.2) is 9.79 Å². The van der Waals surface area contributed by atoms with E-state index in [-0.39, 0.29) is 19.1 Å². The molecule has 3 rings (SSSR count). The molecule has 0 unspecified atom stereocenters. The zero-order valence-corrected chi connectivity index (χ0v) is 20.3. The van der Waals surface area contributed by atoms with E-state index in [0.29, 0.717) is 26.0 Å². The smallest absolute Gasteiger partial charge is 0.344 e. The van der Waals surface area contributed by atoms with Crippen LogP contribution in [0, 0.1) is 0 Å². The first kappa shape index (κ1) is 23.9. The van der Waals surface area contributed by atoms with Crippen LogP contribution in [0.5, 0.6) is 11.5 Å². The second-order valence-corrected chi connectivity index (χ2v) is 8.51. The number of hydrogen-bond donors (Lipinski definition) is 1. The van der Waals surface area contributed by atoms with Gasteiger partial charge in [0.2, 0.25) is 0 Å². The van der Waals surface area contributed by atoms with Gasteiger partial charge in [-0.2, -0.15) is 0 Å². The number of thioether (sulfide) groups is 1. The van der Waals surface area contributed by atoms with Crippen molar-refractivity contribution in [2.75, 3.05) is 20.3 Å². The van der Waals surface area contributed by atoms with Crippen molar-refractivity contribution in [3.8, 4) is 11.5 Å². The van der Waals surface area contributed by atoms with E-state index in [4.69, 9.17) is 14.2 Å². The highest BCUT2D eigenvalue weighted by molar-refractivity contribution is 9.10. The number of aryl methyl sites for hydroxylation is 1. The van der Waals surface area contributed by atoms with Crippen molar-refractivity contribution in [3.05, 3.63) is 56.9 Å². The largest absolute Gasteiger partial charge is 0.493 e. The Bertz CT molecular complexity index is 1070. The predicted molar refractivity (Wildman–Crippen MR) is 129 cm³/mol. The number of carbonyl (C=O) groups excluding carboxylic acids is 2. The Labute approximate surface area is 199 Å². The summed E-state index contributed by atoms with van der Waals surface area (Å²) in [6, 6.07) is 11.4. The third-order valence-corrected chi connectivity index (χ3v) is 5.91. The number of amidine groups is 1. The van der Waals surface area contributed by atoms with Gasteiger partial charge in [-0.15, -0.1) is 0 Å². The van der Waals surface area contributed by atoms with Crippen LogP contribution in [-0.2, 0) is 20.7 Å². The third-order valence-electron chi connectivity index (χ3n) is 4.42. The monoisotopic (exact) mass is 518 g/mol. The summed E-state index contributed by atoms with van der Waals surface area (Å²) in [5.74, 6) is 0.104. The molecule has 1 fully saturated rings. The molecule has 0 spiro atoms. The Kier molecular flexibility index (Phi) is 8.35. The van der Waals surface area contributed by atoms with Gasteiger partial charge < -0.3 is 19.5 Å². The first-order valence-electron chi connectivity index (χ1n) is 9.98. The minimum atomic E-state index is -0.470. The summed E-state index contributed by atoms with van der Waals surface area (Å²) < 4.78 is 16.4. The average molecular weight is 519 g/mol. The number of aliphatic imine (C=N–C) groups is 1. The van der Waals surface area contributed by atoms with Gasteiger partial charge in [-0.3, -0.25) is 4.79 Å². The van der Waals surface area contributed by atoms with E-state index in [9.17, 15) is 9.59 Å². The molecule has 1 aliphatic heterocycles. The summed E-state index contributed by atoms with van der Waals surface area (Å²) in [4.78, 5) is 29.0. The van der Waals surface area contributed by atoms with Crippen LogP contribution in [0.25, 0.3) is 6.08 Å². The van der Waals surface area contributed by atoms with Crippen LogP contribution in [0.1, 0.15) is 25.0 Å². The van der Waals surface area contributed by atoms with Crippen LogP contribution in [0.3, 0.4) is 0 Å². The van der Waals surface area contributed by atoms with Crippen molar-refractivity contribution < 1.29 is 23.8 Å². The second-order valence-electron chi connectivity index (χ2n) is 6.63. The number of amides is 1. The van der Waals surface area contributed by atoms with E-state index < -0.39 is 5.97 Å². The molecule has 0 saturated carbocycles. The quantitative estimate of drug-likeness (QED) is 0.396. The molecular weight excluding hydrogens is 496 g/mol. The van der Waals surface area contributed by atoms with Gasteiger partial charge in [0.15, 0.2) is 23.3 Å². The number of halogens is 1. The minimum Gasteiger partial charge on any atom is -0.493 e. The van der Waals surface area contributed by atoms with Gasteiger partial charge in [-0.1, -0.05) is 19.1 Å². The summed E-state index contributed by atoms with van der Waals surface area (Å²) in [7, 11) is 1.50. The molecule has 2 aromatic rings. The Hall–Kier alpha value is -2.78. The van der Waals surface area contributed by atoms with Gasteiger partial charge in [0.25, 0.3) is 5.91 Å². The maximum atomic E-state index is 12.4. The molecule has 0 aromatic heterocycles. The molecule has 0 atom stereocenters. The van der Waals surface area contributed by atoms with Gasteiger partial charge in [-0.05, 0) is 82.5 Å². The number of nitrogens with one attached hydrogen (secondary N) is 1. The molecule has 1 aliphatic rings. The summed E-state index contributed by atoms with van der Waals surface area (Å²) in [5.41, 5.74) is 2.73. The number of benzene rings is 2. The topological polar surface area (TPSA) is 86.2 Å². The predicted octanol–water partition coefficient (Wildman–Crippen LogP) is 4.85. The Balaban J connectivity index is 1.78. The van der Waals surface area contributed by atoms with Crippen molar-refractivity contribution in [3.63, 3.8) is 0 Å². The Morgan fingerprint density at radius 2 is 1.97 bits per heavy atom. The number of ether oxygens (including phenoxy) is 3. The highest BCUT2D eigenvalue weighted by atomic mass is 79.9. The van der Waals surface area contributed by atoms with Crippen LogP contribution in [0.2, 0.25) is 0 Å². The molecule has 1 saturated heterocycles. The molecule has 168 valence electrons. The number of hydrogen-bond acceptors (Lipinski definition) is 7. The van der Waals surface area contributed by atoms with Crippen molar-refractivity contribution in [1.29, 1.82) is 0 Å². The lowest BCUT2D eigenvalue weighted by Crippen LogP contribution is -2.19. The van der Waals surface area contributed by atoms with E-state index in [1.165, 1.54) is 24.4 Å². The van der Waals surface area contributed by atoms with E-state index in [2.05, 4.69) is 33.2 Å². The highest BCUT2D eigenvalue weighted by Crippen LogP contribution is 2.38. The van der Waals surface area contributed by atoms with Crippen molar-refractivity contribution in [1.82, 2.24) is 5.32 Å². The molecular formula is C23H23BrN2O5S. The first-order chi connectivity index (χ1) is 15.4. The molecule has 0 bridgehead atoms. The molecule has 2 aromatic carbocycles. The molecule has 0 aliphatic carbocycles. The maximum absolute atomic E-state index is 12.4. The number of nitrogens with zero attached hydrogens (tertiary/aromatic N) is 1. The lowest BCUT2D eigenvalue weighted by atomic mass is 10.2. The molecule has 9 heteroatoms. The fourth-order valence-electron chi connectivity index (χ4n) is 2.85. The fourth-order valence-corrected chi connectivity index (χ4v) is 4.27. The maximum Gasteiger partial charge on any atom is 0.344 e. The number of methoxy groups -OCH3 is 1. The standard InChI is InChI=1S/C23H23BrN2O5S/c1-4-14-6-8-16(9-7-14)25-23-26-22(28)19(32-23)12-15-10-17(24)21(18(11-15)29-3)31-13-20(27)30-5-2/h6-12H,4-5,13H2,1-3H3,(H,25,26,28)/b19-12-. The van der Waals surface area contributed by atoms with Crippen LogP contribution in [0.15, 0.2) is 50.8 Å². The van der Waals surface area contributed by atoms with E-state index in [0.717, 1.165) is 17.7 Å². The van der Waals surface area contributed by atoms with Crippen molar-refractivity contribution >= 4 is 56.5 Å². The van der Waals surface area contributed by atoms with Crippen LogP contribution < -0.4 is 14.8 Å². The summed E-state index contributed by atoms with van der Waals surface area (Å²) in [6.45, 7) is 3.87. The fraction of sp³-hybridized carbons (Fsp3) is 0.261. The zero-order valence-electron chi connectivity index (χ0n) is 17.9. The molecule has 1 amide bonds. The Morgan fingerprint density at radius 3 is 2.62 bits per heavy atom. The number of esters is 1. The lowest BCUT2D eigenvalue weighted by molar-refractivity contribution is -0.145. The van der Waals surface area contributed by atoms with Gasteiger partial charge in [0, 0.05) is 0 Å². The van der Waals surface area contributed by atoms with Crippen molar-refractivity contribution in [2.24, 2.45) is 4.99 Å².